The molecule has 0 atom stereocenters. The molecule has 1 N–H and O–H groups in total. The van der Waals surface area contributed by atoms with Crippen molar-refractivity contribution < 1.29 is 9.53 Å². The molecule has 32 heavy (non-hydrogen) atoms. The fraction of sp³-hybridized carbons (Fsp3) is 0.217. The summed E-state index contributed by atoms with van der Waals surface area (Å²) in [5, 5.41) is 13.8. The van der Waals surface area contributed by atoms with E-state index in [0.29, 0.717) is 37.0 Å². The summed E-state index contributed by atoms with van der Waals surface area (Å²) in [5.41, 5.74) is 3.95. The number of pyridine rings is 1. The summed E-state index contributed by atoms with van der Waals surface area (Å²) >= 11 is 1.42. The fourth-order valence-corrected chi connectivity index (χ4v) is 4.80. The molecule has 0 bridgehead atoms. The normalized spacial score (nSPS) is 13.8. The molecule has 5 rings (SSSR count). The van der Waals surface area contributed by atoms with Crippen LogP contribution in [-0.2, 0) is 11.8 Å². The van der Waals surface area contributed by atoms with Crippen LogP contribution in [0.25, 0.3) is 32.7 Å². The Labute approximate surface area is 188 Å². The summed E-state index contributed by atoms with van der Waals surface area (Å²) in [5.74, 6) is 0. The number of hydrogen-bond acceptors (Lipinski definition) is 6. The van der Waals surface area contributed by atoms with Crippen molar-refractivity contribution in [3.05, 3.63) is 54.4 Å². The molecule has 1 fully saturated rings. The first-order chi connectivity index (χ1) is 15.6. The molecule has 0 radical (unpaired) electrons. The molecule has 4 heterocycles. The highest BCUT2D eigenvalue weighted by molar-refractivity contribution is 7.19. The van der Waals surface area contributed by atoms with Gasteiger partial charge in [0.05, 0.1) is 35.4 Å². The number of ether oxygens (including phenoxy) is 1. The molecule has 0 aliphatic carbocycles. The van der Waals surface area contributed by atoms with Gasteiger partial charge in [0, 0.05) is 49.0 Å². The predicted octanol–water partition coefficient (Wildman–Crippen LogP) is 4.10. The van der Waals surface area contributed by atoms with Crippen LogP contribution in [-0.4, -0.2) is 51.8 Å². The zero-order valence-electron chi connectivity index (χ0n) is 17.4. The summed E-state index contributed by atoms with van der Waals surface area (Å²) in [6.45, 7) is 2.17. The van der Waals surface area contributed by atoms with Gasteiger partial charge in [-0.2, -0.15) is 5.26 Å². The summed E-state index contributed by atoms with van der Waals surface area (Å²) in [7, 11) is 1.96. The van der Waals surface area contributed by atoms with Crippen LogP contribution in [0.3, 0.4) is 0 Å². The topological polar surface area (TPSA) is 96.1 Å². The lowest BCUT2D eigenvalue weighted by Crippen LogP contribution is -2.43. The van der Waals surface area contributed by atoms with Gasteiger partial charge < -0.3 is 14.2 Å². The van der Waals surface area contributed by atoms with Gasteiger partial charge in [-0.3, -0.25) is 5.32 Å². The number of rotatable bonds is 3. The second kappa shape index (κ2) is 8.42. The SMILES string of the molecule is Cn1ccc2c(-c3sc(NC(=O)N4CCOCC4)nc3-c3cccc(C#N)c3)ccnc21. The van der Waals surface area contributed by atoms with Gasteiger partial charge in [0.1, 0.15) is 5.65 Å². The Balaban J connectivity index is 1.61. The van der Waals surface area contributed by atoms with Crippen LogP contribution in [0.2, 0.25) is 0 Å². The number of nitrogens with zero attached hydrogens (tertiary/aromatic N) is 5. The molecule has 3 aromatic heterocycles. The van der Waals surface area contributed by atoms with Crippen molar-refractivity contribution >= 4 is 33.5 Å². The number of hydrogen-bond donors (Lipinski definition) is 1. The average molecular weight is 445 g/mol. The van der Waals surface area contributed by atoms with E-state index >= 15 is 0 Å². The standard InChI is InChI=1S/C23H20N6O2S/c1-28-8-6-18-17(5-7-25-21(18)28)20-19(16-4-2-3-15(13-16)14-24)26-22(32-20)27-23(30)29-9-11-31-12-10-29/h2-8,13H,9-12H2,1H3,(H,26,27,30). The van der Waals surface area contributed by atoms with Crippen molar-refractivity contribution in [1.82, 2.24) is 19.4 Å². The Kier molecular flexibility index (Phi) is 5.31. The van der Waals surface area contributed by atoms with Gasteiger partial charge >= 0.3 is 6.03 Å². The van der Waals surface area contributed by atoms with E-state index in [0.717, 1.165) is 32.7 Å². The minimum Gasteiger partial charge on any atom is -0.378 e. The summed E-state index contributed by atoms with van der Waals surface area (Å²) < 4.78 is 7.30. The predicted molar refractivity (Wildman–Crippen MR) is 123 cm³/mol. The maximum Gasteiger partial charge on any atom is 0.323 e. The van der Waals surface area contributed by atoms with Gasteiger partial charge in [0.15, 0.2) is 5.13 Å². The van der Waals surface area contributed by atoms with E-state index in [1.54, 1.807) is 17.2 Å². The quantitative estimate of drug-likeness (QED) is 0.513. The number of anilines is 1. The molecule has 0 saturated carbocycles. The molecule has 160 valence electrons. The van der Waals surface area contributed by atoms with Gasteiger partial charge in [0.2, 0.25) is 0 Å². The third-order valence-electron chi connectivity index (χ3n) is 5.42. The fourth-order valence-electron chi connectivity index (χ4n) is 3.79. The van der Waals surface area contributed by atoms with Gasteiger partial charge in [-0.25, -0.2) is 14.8 Å². The molecule has 4 aromatic rings. The Morgan fingerprint density at radius 3 is 2.91 bits per heavy atom. The van der Waals surface area contributed by atoms with E-state index in [1.807, 2.05) is 48.1 Å². The molecular weight excluding hydrogens is 424 g/mol. The molecule has 0 unspecified atom stereocenters. The minimum atomic E-state index is -0.189. The monoisotopic (exact) mass is 444 g/mol. The lowest BCUT2D eigenvalue weighted by atomic mass is 10.0. The van der Waals surface area contributed by atoms with Crippen molar-refractivity contribution in [1.29, 1.82) is 5.26 Å². The third-order valence-corrected chi connectivity index (χ3v) is 6.42. The molecule has 0 spiro atoms. The highest BCUT2D eigenvalue weighted by Crippen LogP contribution is 2.41. The lowest BCUT2D eigenvalue weighted by Gasteiger charge is -2.26. The van der Waals surface area contributed by atoms with Crippen LogP contribution in [0, 0.1) is 11.3 Å². The van der Waals surface area contributed by atoms with Crippen molar-refractivity contribution in [3.8, 4) is 27.8 Å². The van der Waals surface area contributed by atoms with Gasteiger partial charge in [0.25, 0.3) is 0 Å². The van der Waals surface area contributed by atoms with Crippen LogP contribution in [0.15, 0.2) is 48.8 Å². The van der Waals surface area contributed by atoms with E-state index in [1.165, 1.54) is 11.3 Å². The van der Waals surface area contributed by atoms with Crippen molar-refractivity contribution in [2.75, 3.05) is 31.6 Å². The van der Waals surface area contributed by atoms with Crippen molar-refractivity contribution in [2.45, 2.75) is 0 Å². The molecule has 1 aromatic carbocycles. The summed E-state index contributed by atoms with van der Waals surface area (Å²) in [6.07, 6.45) is 3.75. The largest absolute Gasteiger partial charge is 0.378 e. The van der Waals surface area contributed by atoms with E-state index in [4.69, 9.17) is 9.72 Å². The minimum absolute atomic E-state index is 0.189. The second-order valence-electron chi connectivity index (χ2n) is 7.44. The summed E-state index contributed by atoms with van der Waals surface area (Å²) in [6, 6.07) is 13.3. The Hall–Kier alpha value is -3.74. The van der Waals surface area contributed by atoms with Crippen LogP contribution in [0.1, 0.15) is 5.56 Å². The number of urea groups is 1. The average Bonchev–Trinajstić information content (AvgIpc) is 3.43. The van der Waals surface area contributed by atoms with E-state index in [2.05, 4.69) is 16.4 Å². The first kappa shape index (κ1) is 20.2. The second-order valence-corrected chi connectivity index (χ2v) is 8.44. The smallest absolute Gasteiger partial charge is 0.323 e. The number of carbonyl (C=O) groups is 1. The Bertz CT molecular complexity index is 1350. The highest BCUT2D eigenvalue weighted by atomic mass is 32.1. The molecular formula is C23H20N6O2S. The molecule has 8 nitrogen and oxygen atoms in total. The third kappa shape index (κ3) is 3.70. The summed E-state index contributed by atoms with van der Waals surface area (Å²) in [4.78, 5) is 24.6. The molecule has 9 heteroatoms. The van der Waals surface area contributed by atoms with Crippen LogP contribution < -0.4 is 5.32 Å². The van der Waals surface area contributed by atoms with Crippen molar-refractivity contribution in [3.63, 3.8) is 0 Å². The number of nitriles is 1. The molecule has 1 aliphatic heterocycles. The number of morpholine rings is 1. The van der Waals surface area contributed by atoms with Gasteiger partial charge in [-0.05, 0) is 24.3 Å². The molecule has 2 amide bonds. The zero-order valence-corrected chi connectivity index (χ0v) is 18.2. The van der Waals surface area contributed by atoms with Gasteiger partial charge in [-0.15, -0.1) is 0 Å². The number of nitrogens with one attached hydrogen (secondary N) is 1. The number of aryl methyl sites for hydroxylation is 1. The van der Waals surface area contributed by atoms with E-state index < -0.39 is 0 Å². The van der Waals surface area contributed by atoms with Crippen LogP contribution in [0.5, 0.6) is 0 Å². The first-order valence-corrected chi connectivity index (χ1v) is 11.0. The maximum absolute atomic E-state index is 12.7. The van der Waals surface area contributed by atoms with Crippen LogP contribution >= 0.6 is 11.3 Å². The van der Waals surface area contributed by atoms with E-state index in [9.17, 15) is 10.1 Å². The lowest BCUT2D eigenvalue weighted by molar-refractivity contribution is 0.0564. The molecule has 1 aliphatic rings. The van der Waals surface area contributed by atoms with Crippen molar-refractivity contribution in [2.24, 2.45) is 7.05 Å². The van der Waals surface area contributed by atoms with Crippen LogP contribution in [0.4, 0.5) is 9.93 Å². The Morgan fingerprint density at radius 1 is 1.25 bits per heavy atom. The zero-order chi connectivity index (χ0) is 22.1. The number of benzene rings is 1. The van der Waals surface area contributed by atoms with Gasteiger partial charge in [-0.1, -0.05) is 23.5 Å². The number of amides is 2. The number of thiazole rings is 1. The molecule has 1 saturated heterocycles. The number of carbonyl (C=O) groups excluding carboxylic acids is 1. The highest BCUT2D eigenvalue weighted by Gasteiger charge is 2.22. The number of fused-ring (bicyclic) bond motifs is 1. The van der Waals surface area contributed by atoms with E-state index in [-0.39, 0.29) is 6.03 Å². The Morgan fingerprint density at radius 2 is 2.09 bits per heavy atom. The number of aromatic nitrogens is 3. The first-order valence-electron chi connectivity index (χ1n) is 10.2. The maximum atomic E-state index is 12.7.